The Morgan fingerprint density at radius 2 is 1.82 bits per heavy atom. The highest BCUT2D eigenvalue weighted by molar-refractivity contribution is 6.06. The Kier molecular flexibility index (Phi) is 3.02. The van der Waals surface area contributed by atoms with Crippen molar-refractivity contribution >= 4 is 11.8 Å². The van der Waals surface area contributed by atoms with E-state index >= 15 is 0 Å². The maximum Gasteiger partial charge on any atom is 0.236 e. The van der Waals surface area contributed by atoms with Crippen molar-refractivity contribution in [3.05, 3.63) is 0 Å². The van der Waals surface area contributed by atoms with Crippen molar-refractivity contribution in [2.75, 3.05) is 6.61 Å². The molecule has 1 N–H and O–H groups in total. The number of hydrogen-bond acceptors (Lipinski definition) is 3. The number of amides is 2. The lowest BCUT2D eigenvalue weighted by molar-refractivity contribution is -0.149. The first-order chi connectivity index (χ1) is 7.93. The quantitative estimate of drug-likeness (QED) is 0.742. The van der Waals surface area contributed by atoms with E-state index in [0.717, 1.165) is 32.1 Å². The van der Waals surface area contributed by atoms with E-state index in [-0.39, 0.29) is 18.4 Å². The molecule has 4 heteroatoms. The Morgan fingerprint density at radius 3 is 2.35 bits per heavy atom. The molecule has 17 heavy (non-hydrogen) atoms. The van der Waals surface area contributed by atoms with Crippen LogP contribution in [0, 0.1) is 5.41 Å². The summed E-state index contributed by atoms with van der Waals surface area (Å²) < 4.78 is 0. The van der Waals surface area contributed by atoms with Crippen LogP contribution < -0.4 is 0 Å². The van der Waals surface area contributed by atoms with Gasteiger partial charge in [0.25, 0.3) is 0 Å². The van der Waals surface area contributed by atoms with Gasteiger partial charge in [0.15, 0.2) is 0 Å². The minimum Gasteiger partial charge on any atom is -0.394 e. The van der Waals surface area contributed by atoms with Gasteiger partial charge in [0.05, 0.1) is 17.6 Å². The van der Waals surface area contributed by atoms with Gasteiger partial charge in [-0.2, -0.15) is 0 Å². The molecule has 0 unspecified atom stereocenters. The molecule has 0 aromatic rings. The molecule has 0 radical (unpaired) electrons. The predicted octanol–water partition coefficient (Wildman–Crippen LogP) is 1.47. The van der Waals surface area contributed by atoms with Gasteiger partial charge in [-0.25, -0.2) is 0 Å². The fraction of sp³-hybridized carbons (Fsp3) is 0.846. The molecule has 0 aromatic heterocycles. The van der Waals surface area contributed by atoms with Crippen LogP contribution in [0.1, 0.15) is 52.4 Å². The minimum absolute atomic E-state index is 0.0544. The van der Waals surface area contributed by atoms with Crippen LogP contribution in [0.4, 0.5) is 0 Å². The summed E-state index contributed by atoms with van der Waals surface area (Å²) in [5.41, 5.74) is -1.21. The molecular formula is C13H21NO3. The molecule has 2 aliphatic rings. The maximum absolute atomic E-state index is 12.5. The van der Waals surface area contributed by atoms with Crippen molar-refractivity contribution in [2.24, 2.45) is 5.41 Å². The van der Waals surface area contributed by atoms with Crippen LogP contribution in [-0.2, 0) is 9.59 Å². The van der Waals surface area contributed by atoms with Crippen molar-refractivity contribution in [3.63, 3.8) is 0 Å². The van der Waals surface area contributed by atoms with Gasteiger partial charge < -0.3 is 5.11 Å². The molecule has 1 saturated heterocycles. The van der Waals surface area contributed by atoms with Crippen LogP contribution in [0.3, 0.4) is 0 Å². The van der Waals surface area contributed by atoms with Gasteiger partial charge in [-0.3, -0.25) is 14.5 Å². The molecule has 1 saturated carbocycles. The molecule has 1 heterocycles. The summed E-state index contributed by atoms with van der Waals surface area (Å²) in [6.45, 7) is 3.30. The van der Waals surface area contributed by atoms with Gasteiger partial charge in [0.2, 0.25) is 11.8 Å². The molecule has 2 rings (SSSR count). The summed E-state index contributed by atoms with van der Waals surface area (Å²) >= 11 is 0. The summed E-state index contributed by atoms with van der Waals surface area (Å²) in [4.78, 5) is 25.9. The van der Waals surface area contributed by atoms with E-state index in [1.807, 2.05) is 0 Å². The lowest BCUT2D eigenvalue weighted by Gasteiger charge is -2.35. The van der Waals surface area contributed by atoms with Crippen LogP contribution in [0.15, 0.2) is 0 Å². The first-order valence-electron chi connectivity index (χ1n) is 6.41. The Bertz CT molecular complexity index is 343. The largest absolute Gasteiger partial charge is 0.394 e. The normalized spacial score (nSPS) is 24.8. The number of carbonyl (C=O) groups excluding carboxylic acids is 2. The van der Waals surface area contributed by atoms with Gasteiger partial charge in [-0.15, -0.1) is 0 Å². The van der Waals surface area contributed by atoms with E-state index in [4.69, 9.17) is 0 Å². The molecule has 2 amide bonds. The number of carbonyl (C=O) groups is 2. The van der Waals surface area contributed by atoms with Gasteiger partial charge in [-0.05, 0) is 26.7 Å². The highest BCUT2D eigenvalue weighted by Gasteiger charge is 2.55. The second-order valence-corrected chi connectivity index (χ2v) is 6.02. The molecule has 0 aromatic carbocycles. The molecule has 2 fully saturated rings. The standard InChI is InChI=1S/C13H21NO3/c1-12(2,9-15)14-10(16)8-13(11(14)17)6-4-3-5-7-13/h15H,3-9H2,1-2H3. The van der Waals surface area contributed by atoms with E-state index < -0.39 is 11.0 Å². The summed E-state index contributed by atoms with van der Waals surface area (Å²) in [7, 11) is 0. The average molecular weight is 239 g/mol. The number of aliphatic hydroxyl groups excluding tert-OH is 1. The van der Waals surface area contributed by atoms with Gasteiger partial charge in [0, 0.05) is 6.42 Å². The zero-order chi connectivity index (χ0) is 12.7. The lowest BCUT2D eigenvalue weighted by atomic mass is 9.73. The molecule has 0 bridgehead atoms. The summed E-state index contributed by atoms with van der Waals surface area (Å²) in [5.74, 6) is -0.169. The monoisotopic (exact) mass is 239 g/mol. The fourth-order valence-corrected chi connectivity index (χ4v) is 3.10. The van der Waals surface area contributed by atoms with Crippen LogP contribution in [0.2, 0.25) is 0 Å². The van der Waals surface area contributed by atoms with E-state index in [0.29, 0.717) is 6.42 Å². The Hall–Kier alpha value is -0.900. The number of nitrogens with zero attached hydrogens (tertiary/aromatic N) is 1. The zero-order valence-corrected chi connectivity index (χ0v) is 10.7. The van der Waals surface area contributed by atoms with Crippen molar-refractivity contribution in [2.45, 2.75) is 57.9 Å². The third-order valence-corrected chi connectivity index (χ3v) is 4.20. The number of likely N-dealkylation sites (tertiary alicyclic amines) is 1. The third-order valence-electron chi connectivity index (χ3n) is 4.20. The summed E-state index contributed by atoms with van der Waals surface area (Å²) in [6, 6.07) is 0. The first kappa shape index (κ1) is 12.6. The number of imide groups is 1. The second kappa shape index (κ2) is 4.09. The number of hydrogen-bond donors (Lipinski definition) is 1. The maximum atomic E-state index is 12.5. The van der Waals surface area contributed by atoms with Crippen molar-refractivity contribution in [1.82, 2.24) is 4.90 Å². The summed E-state index contributed by atoms with van der Waals surface area (Å²) in [6.07, 6.45) is 5.23. The Morgan fingerprint density at radius 1 is 1.24 bits per heavy atom. The van der Waals surface area contributed by atoms with Crippen LogP contribution in [0.25, 0.3) is 0 Å². The van der Waals surface area contributed by atoms with Gasteiger partial charge in [-0.1, -0.05) is 19.3 Å². The number of aliphatic hydroxyl groups is 1. The molecule has 0 atom stereocenters. The van der Waals surface area contributed by atoms with Crippen molar-refractivity contribution < 1.29 is 14.7 Å². The fourth-order valence-electron chi connectivity index (χ4n) is 3.10. The van der Waals surface area contributed by atoms with Crippen LogP contribution >= 0.6 is 0 Å². The second-order valence-electron chi connectivity index (χ2n) is 6.02. The van der Waals surface area contributed by atoms with Crippen LogP contribution in [0.5, 0.6) is 0 Å². The first-order valence-corrected chi connectivity index (χ1v) is 6.41. The molecule has 4 nitrogen and oxygen atoms in total. The average Bonchev–Trinajstić information content (AvgIpc) is 2.52. The molecule has 96 valence electrons. The molecule has 1 spiro atoms. The topological polar surface area (TPSA) is 57.6 Å². The van der Waals surface area contributed by atoms with E-state index in [9.17, 15) is 14.7 Å². The Labute approximate surface area is 102 Å². The summed E-state index contributed by atoms with van der Waals surface area (Å²) in [5, 5.41) is 9.33. The molecular weight excluding hydrogens is 218 g/mol. The lowest BCUT2D eigenvalue weighted by Crippen LogP contribution is -2.51. The van der Waals surface area contributed by atoms with Gasteiger partial charge >= 0.3 is 0 Å². The Balaban J connectivity index is 2.27. The molecule has 1 aliphatic carbocycles. The SMILES string of the molecule is CC(C)(CO)N1C(=O)CC2(CCCCC2)C1=O. The highest BCUT2D eigenvalue weighted by Crippen LogP contribution is 2.46. The molecule has 1 aliphatic heterocycles. The minimum atomic E-state index is -0.769. The van der Waals surface area contributed by atoms with E-state index in [1.54, 1.807) is 13.8 Å². The van der Waals surface area contributed by atoms with E-state index in [1.165, 1.54) is 4.90 Å². The zero-order valence-electron chi connectivity index (χ0n) is 10.7. The smallest absolute Gasteiger partial charge is 0.236 e. The van der Waals surface area contributed by atoms with Crippen molar-refractivity contribution in [3.8, 4) is 0 Å². The predicted molar refractivity (Wildman–Crippen MR) is 63.2 cm³/mol. The highest BCUT2D eigenvalue weighted by atomic mass is 16.3. The van der Waals surface area contributed by atoms with Crippen LogP contribution in [-0.4, -0.2) is 34.0 Å². The third kappa shape index (κ3) is 1.88. The number of rotatable bonds is 2. The van der Waals surface area contributed by atoms with Gasteiger partial charge in [0.1, 0.15) is 0 Å². The van der Waals surface area contributed by atoms with E-state index in [2.05, 4.69) is 0 Å². The van der Waals surface area contributed by atoms with Crippen molar-refractivity contribution in [1.29, 1.82) is 0 Å².